The average Bonchev–Trinajstić information content (AvgIpc) is 3.06. The molecule has 0 saturated carbocycles. The normalized spacial score (nSPS) is 8.92. The van der Waals surface area contributed by atoms with Gasteiger partial charge in [-0.15, -0.1) is 29.7 Å². The molecule has 0 nitrogen and oxygen atoms in total. The molecule has 0 N–H and O–H groups in total. The Kier molecular flexibility index (Phi) is 9.79. The fourth-order valence-corrected chi connectivity index (χ4v) is 2.01. The second kappa shape index (κ2) is 11.6. The van der Waals surface area contributed by atoms with E-state index in [1.807, 2.05) is 48.5 Å². The number of fused-ring (bicyclic) bond motifs is 1. The summed E-state index contributed by atoms with van der Waals surface area (Å²) in [6, 6.07) is 36.3. The molecule has 0 bridgehead atoms. The summed E-state index contributed by atoms with van der Waals surface area (Å²) in [5.41, 5.74) is 2.58. The standard InChI is InChI=1S/C9H7.2C7H7.Hf/c1-2-5-9-7-3-6-8(9)4-1;2*1-7-5-3-2-4-6-7;/h1-7H;2*3-6H,1H3;/q3*-1;. The van der Waals surface area contributed by atoms with Gasteiger partial charge in [-0.25, -0.2) is 0 Å². The first kappa shape index (κ1) is 20.2. The number of rotatable bonds is 0. The van der Waals surface area contributed by atoms with Gasteiger partial charge in [-0.3, -0.25) is 0 Å². The largest absolute Gasteiger partial charge is 0.184 e. The van der Waals surface area contributed by atoms with Crippen molar-refractivity contribution in [2.45, 2.75) is 13.8 Å². The van der Waals surface area contributed by atoms with Crippen LogP contribution in [0.5, 0.6) is 0 Å². The van der Waals surface area contributed by atoms with Gasteiger partial charge in [0.2, 0.25) is 0 Å². The van der Waals surface area contributed by atoms with Crippen LogP contribution in [-0.2, 0) is 25.8 Å². The molecule has 0 atom stereocenters. The fraction of sp³-hybridized carbons (Fsp3) is 0.0870. The van der Waals surface area contributed by atoms with E-state index in [-0.39, 0.29) is 25.8 Å². The fourth-order valence-electron chi connectivity index (χ4n) is 2.01. The van der Waals surface area contributed by atoms with Crippen LogP contribution >= 0.6 is 0 Å². The van der Waals surface area contributed by atoms with E-state index < -0.39 is 0 Å². The zero-order valence-electron chi connectivity index (χ0n) is 14.2. The number of hydrogen-bond donors (Lipinski definition) is 0. The minimum Gasteiger partial charge on any atom is -0.184 e. The molecule has 0 unspecified atom stereocenters. The zero-order chi connectivity index (χ0) is 16.3. The van der Waals surface area contributed by atoms with E-state index >= 15 is 0 Å². The van der Waals surface area contributed by atoms with Gasteiger partial charge in [0, 0.05) is 25.8 Å². The van der Waals surface area contributed by atoms with E-state index in [1.54, 1.807) is 0 Å². The van der Waals surface area contributed by atoms with E-state index in [2.05, 4.69) is 68.4 Å². The van der Waals surface area contributed by atoms with Crippen LogP contribution in [0.3, 0.4) is 0 Å². The summed E-state index contributed by atoms with van der Waals surface area (Å²) in [5.74, 6) is 0. The van der Waals surface area contributed by atoms with Crippen LogP contribution in [-0.4, -0.2) is 0 Å². The summed E-state index contributed by atoms with van der Waals surface area (Å²) in [7, 11) is 0. The summed E-state index contributed by atoms with van der Waals surface area (Å²) in [4.78, 5) is 0. The van der Waals surface area contributed by atoms with E-state index in [0.29, 0.717) is 0 Å². The van der Waals surface area contributed by atoms with Gasteiger partial charge in [0.25, 0.3) is 0 Å². The van der Waals surface area contributed by atoms with Gasteiger partial charge in [0.05, 0.1) is 0 Å². The summed E-state index contributed by atoms with van der Waals surface area (Å²) in [5, 5.41) is 2.66. The SMILES string of the molecule is Cc1cc[c-]cc1.Cc1cc[c-]cc1.[Hf].c1ccc2[cH-]ccc2c1. The van der Waals surface area contributed by atoms with Gasteiger partial charge >= 0.3 is 0 Å². The molecule has 0 aliphatic carbocycles. The minimum atomic E-state index is 0. The summed E-state index contributed by atoms with van der Waals surface area (Å²) in [6.45, 7) is 4.13. The third-order valence-corrected chi connectivity index (χ3v) is 3.32. The Morgan fingerprint density at radius 3 is 1.58 bits per heavy atom. The van der Waals surface area contributed by atoms with Crippen molar-refractivity contribution < 1.29 is 25.8 Å². The van der Waals surface area contributed by atoms with E-state index in [9.17, 15) is 0 Å². The number of aryl methyl sites for hydroxylation is 2. The second-order valence-corrected chi connectivity index (χ2v) is 5.31. The van der Waals surface area contributed by atoms with E-state index in [0.717, 1.165) is 0 Å². The van der Waals surface area contributed by atoms with Gasteiger partial charge in [0.15, 0.2) is 0 Å². The second-order valence-electron chi connectivity index (χ2n) is 5.31. The molecule has 0 radical (unpaired) electrons. The van der Waals surface area contributed by atoms with Gasteiger partial charge in [-0.1, -0.05) is 19.9 Å². The Morgan fingerprint density at radius 1 is 0.667 bits per heavy atom. The van der Waals surface area contributed by atoms with Gasteiger partial charge in [-0.2, -0.15) is 89.3 Å². The molecule has 24 heavy (non-hydrogen) atoms. The molecule has 4 aromatic rings. The van der Waals surface area contributed by atoms with E-state index in [4.69, 9.17) is 0 Å². The van der Waals surface area contributed by atoms with Crippen LogP contribution in [0.4, 0.5) is 0 Å². The molecule has 4 aromatic carbocycles. The third-order valence-electron chi connectivity index (χ3n) is 3.32. The maximum Gasteiger partial charge on any atom is 0 e. The van der Waals surface area contributed by atoms with Crippen LogP contribution in [0.2, 0.25) is 0 Å². The van der Waals surface area contributed by atoms with Gasteiger partial charge < -0.3 is 0 Å². The molecule has 0 saturated heterocycles. The average molecular weight is 476 g/mol. The van der Waals surface area contributed by atoms with Gasteiger partial charge in [0.1, 0.15) is 0 Å². The molecule has 0 aliphatic rings. The minimum absolute atomic E-state index is 0. The Morgan fingerprint density at radius 2 is 1.17 bits per heavy atom. The maximum absolute atomic E-state index is 2.93. The molecule has 120 valence electrons. The van der Waals surface area contributed by atoms with Crippen molar-refractivity contribution in [3.8, 4) is 0 Å². The maximum atomic E-state index is 2.93. The van der Waals surface area contributed by atoms with Crippen LogP contribution in [0, 0.1) is 26.0 Å². The molecule has 1 heteroatoms. The molecular formula is C23H21Hf-3. The Bertz CT molecular complexity index is 718. The van der Waals surface area contributed by atoms with Crippen molar-refractivity contribution in [1.82, 2.24) is 0 Å². The summed E-state index contributed by atoms with van der Waals surface area (Å²) in [6.07, 6.45) is 0. The van der Waals surface area contributed by atoms with E-state index in [1.165, 1.54) is 21.9 Å². The van der Waals surface area contributed by atoms with Crippen molar-refractivity contribution in [3.63, 3.8) is 0 Å². The molecule has 0 aromatic heterocycles. The van der Waals surface area contributed by atoms with Crippen molar-refractivity contribution >= 4 is 10.8 Å². The summed E-state index contributed by atoms with van der Waals surface area (Å²) < 4.78 is 0. The molecule has 0 heterocycles. The molecule has 0 amide bonds. The van der Waals surface area contributed by atoms with Gasteiger partial charge in [-0.05, 0) is 0 Å². The Labute approximate surface area is 164 Å². The predicted octanol–water partition coefficient (Wildman–Crippen LogP) is 6.15. The predicted molar refractivity (Wildman–Crippen MR) is 99.6 cm³/mol. The van der Waals surface area contributed by atoms with Crippen LogP contribution in [0.1, 0.15) is 11.1 Å². The molecule has 0 fully saturated rings. The Balaban J connectivity index is 0.000000179. The molecule has 0 spiro atoms. The third kappa shape index (κ3) is 7.61. The molecule has 4 rings (SSSR count). The van der Waals surface area contributed by atoms with Crippen molar-refractivity contribution in [2.75, 3.05) is 0 Å². The van der Waals surface area contributed by atoms with Crippen LogP contribution < -0.4 is 0 Å². The topological polar surface area (TPSA) is 0 Å². The van der Waals surface area contributed by atoms with Crippen molar-refractivity contribution in [3.05, 3.63) is 114 Å². The first-order valence-corrected chi connectivity index (χ1v) is 7.71. The number of benzene rings is 3. The Hall–Kier alpha value is -1.86. The first-order valence-electron chi connectivity index (χ1n) is 7.71. The summed E-state index contributed by atoms with van der Waals surface area (Å²) >= 11 is 0. The van der Waals surface area contributed by atoms with Crippen LogP contribution in [0.25, 0.3) is 10.8 Å². The van der Waals surface area contributed by atoms with Crippen molar-refractivity contribution in [1.29, 1.82) is 0 Å². The quantitative estimate of drug-likeness (QED) is 0.211. The smallest absolute Gasteiger partial charge is 0 e. The van der Waals surface area contributed by atoms with Crippen LogP contribution in [0.15, 0.2) is 91.0 Å². The van der Waals surface area contributed by atoms with Crippen molar-refractivity contribution in [2.24, 2.45) is 0 Å². The first-order chi connectivity index (χ1) is 11.3. The monoisotopic (exact) mass is 477 g/mol. The molecule has 0 aliphatic heterocycles. The molecular weight excluding hydrogens is 455 g/mol. The number of hydrogen-bond acceptors (Lipinski definition) is 0. The zero-order valence-corrected chi connectivity index (χ0v) is 17.8.